The van der Waals surface area contributed by atoms with Gasteiger partial charge in [-0.2, -0.15) is 0 Å². The molecule has 0 unspecified atom stereocenters. The number of carbonyl (C=O) groups is 2. The molecule has 32 heavy (non-hydrogen) atoms. The summed E-state index contributed by atoms with van der Waals surface area (Å²) < 4.78 is 37.0. The second-order valence-corrected chi connectivity index (χ2v) is 10.3. The minimum Gasteiger partial charge on any atom is -0.482 e. The van der Waals surface area contributed by atoms with Crippen molar-refractivity contribution in [2.75, 3.05) is 29.4 Å². The van der Waals surface area contributed by atoms with E-state index in [2.05, 4.69) is 5.32 Å². The van der Waals surface area contributed by atoms with Gasteiger partial charge >= 0.3 is 5.97 Å². The fourth-order valence-electron chi connectivity index (χ4n) is 4.35. The first-order chi connectivity index (χ1) is 15.2. The van der Waals surface area contributed by atoms with Gasteiger partial charge in [0.25, 0.3) is 0 Å². The molecule has 1 aliphatic heterocycles. The first-order valence-corrected chi connectivity index (χ1v) is 11.9. The molecular weight excluding hydrogens is 432 g/mol. The molecule has 2 fully saturated rings. The van der Waals surface area contributed by atoms with E-state index in [4.69, 9.17) is 9.47 Å². The third-order valence-corrected chi connectivity index (χ3v) is 8.55. The summed E-state index contributed by atoms with van der Waals surface area (Å²) in [7, 11) is -3.86. The summed E-state index contributed by atoms with van der Waals surface area (Å²) >= 11 is 0. The number of ether oxygens (including phenoxy) is 2. The molecule has 1 saturated carbocycles. The Bertz CT molecular complexity index is 1140. The molecule has 1 heterocycles. The number of hydrogen-bond donors (Lipinski definition) is 1. The zero-order chi connectivity index (χ0) is 23.1. The molecule has 0 spiro atoms. The smallest absolute Gasteiger partial charge is 0.344 e. The second-order valence-electron chi connectivity index (χ2n) is 8.14. The number of amides is 1. The van der Waals surface area contributed by atoms with Crippen molar-refractivity contribution >= 4 is 33.3 Å². The summed E-state index contributed by atoms with van der Waals surface area (Å²) in [4.78, 5) is 24.5. The summed E-state index contributed by atoms with van der Waals surface area (Å²) in [5, 5.41) is 2.74. The fourth-order valence-corrected chi connectivity index (χ4v) is 6.84. The van der Waals surface area contributed by atoms with Crippen LogP contribution < -0.4 is 14.4 Å². The Balaban J connectivity index is 1.47. The van der Waals surface area contributed by atoms with E-state index < -0.39 is 26.6 Å². The molecule has 0 bridgehead atoms. The van der Waals surface area contributed by atoms with Crippen molar-refractivity contribution in [1.29, 1.82) is 0 Å². The number of sulfonamides is 1. The van der Waals surface area contributed by atoms with Gasteiger partial charge in [0.05, 0.1) is 12.3 Å². The van der Waals surface area contributed by atoms with Crippen molar-refractivity contribution < 1.29 is 27.5 Å². The summed E-state index contributed by atoms with van der Waals surface area (Å²) in [6, 6.07) is 12.1. The normalized spacial score (nSPS) is 22.7. The third-order valence-electron chi connectivity index (χ3n) is 6.03. The molecule has 2 aliphatic rings. The lowest BCUT2D eigenvalue weighted by Gasteiger charge is -2.26. The number of rotatable bonds is 7. The van der Waals surface area contributed by atoms with Gasteiger partial charge in [0.2, 0.25) is 15.9 Å². The van der Waals surface area contributed by atoms with Crippen LogP contribution in [-0.2, 0) is 24.3 Å². The molecule has 9 heteroatoms. The average molecular weight is 459 g/mol. The molecule has 0 radical (unpaired) electrons. The number of nitrogens with zero attached hydrogens (tertiary/aromatic N) is 1. The van der Waals surface area contributed by atoms with Gasteiger partial charge < -0.3 is 14.8 Å². The Morgan fingerprint density at radius 1 is 1.12 bits per heavy atom. The van der Waals surface area contributed by atoms with Crippen LogP contribution in [0.4, 0.5) is 11.4 Å². The Hall–Kier alpha value is -3.07. The highest BCUT2D eigenvalue weighted by molar-refractivity contribution is 7.95. The van der Waals surface area contributed by atoms with Crippen molar-refractivity contribution in [2.45, 2.75) is 31.9 Å². The maximum Gasteiger partial charge on any atom is 0.344 e. The minimum absolute atomic E-state index is 0.212. The molecule has 1 amide bonds. The maximum absolute atomic E-state index is 13.5. The van der Waals surface area contributed by atoms with Crippen LogP contribution in [0.1, 0.15) is 24.5 Å². The molecule has 2 aromatic carbocycles. The van der Waals surface area contributed by atoms with Gasteiger partial charge in [-0.3, -0.25) is 9.10 Å². The average Bonchev–Trinajstić information content (AvgIpc) is 3.44. The standard InChI is InChI=1S/C23H26N2O6S/c1-4-30-20(26)14-31-19-10-8-18(9-11-19)24-22(27)23-12-17(23)13-25(32(23,28)29)21-15(2)6-5-7-16(21)3/h5-11,17H,4,12-14H2,1-3H3,(H,24,27)/t17-,23+/m1/s1. The van der Waals surface area contributed by atoms with Crippen LogP contribution >= 0.6 is 0 Å². The van der Waals surface area contributed by atoms with Crippen LogP contribution in [0.25, 0.3) is 0 Å². The second kappa shape index (κ2) is 8.12. The summed E-state index contributed by atoms with van der Waals surface area (Å²) in [6.07, 6.45) is 0.323. The number of nitrogens with one attached hydrogen (secondary N) is 1. The molecule has 4 rings (SSSR count). The third kappa shape index (κ3) is 3.60. The van der Waals surface area contributed by atoms with Gasteiger partial charge in [-0.15, -0.1) is 0 Å². The topological polar surface area (TPSA) is 102 Å². The summed E-state index contributed by atoms with van der Waals surface area (Å²) in [5.74, 6) is -0.785. The first kappa shape index (κ1) is 22.1. The van der Waals surface area contributed by atoms with Crippen LogP contribution in [-0.4, -0.2) is 44.8 Å². The van der Waals surface area contributed by atoms with Crippen molar-refractivity contribution in [1.82, 2.24) is 0 Å². The highest BCUT2D eigenvalue weighted by atomic mass is 32.2. The van der Waals surface area contributed by atoms with E-state index in [0.29, 0.717) is 30.1 Å². The zero-order valence-corrected chi connectivity index (χ0v) is 19.1. The van der Waals surface area contributed by atoms with Crippen LogP contribution in [0.5, 0.6) is 5.75 Å². The SMILES string of the molecule is CCOC(=O)COc1ccc(NC(=O)[C@]23C[C@@H]2CN(c2c(C)cccc2C)S3(=O)=O)cc1. The Morgan fingerprint density at radius 3 is 2.41 bits per heavy atom. The minimum atomic E-state index is -3.86. The molecule has 2 aromatic rings. The van der Waals surface area contributed by atoms with Crippen LogP contribution in [0.15, 0.2) is 42.5 Å². The number of aryl methyl sites for hydroxylation is 2. The van der Waals surface area contributed by atoms with E-state index >= 15 is 0 Å². The molecule has 1 aliphatic carbocycles. The van der Waals surface area contributed by atoms with E-state index in [-0.39, 0.29) is 19.1 Å². The van der Waals surface area contributed by atoms with Crippen LogP contribution in [0, 0.1) is 19.8 Å². The van der Waals surface area contributed by atoms with Crippen molar-refractivity contribution in [3.63, 3.8) is 0 Å². The lowest BCUT2D eigenvalue weighted by molar-refractivity contribution is -0.145. The molecule has 170 valence electrons. The lowest BCUT2D eigenvalue weighted by atomic mass is 10.1. The van der Waals surface area contributed by atoms with Gasteiger partial charge in [0.1, 0.15) is 5.75 Å². The van der Waals surface area contributed by atoms with Gasteiger partial charge in [0.15, 0.2) is 11.4 Å². The predicted molar refractivity (Wildman–Crippen MR) is 120 cm³/mol. The number of para-hydroxylation sites is 1. The quantitative estimate of drug-likeness (QED) is 0.640. The van der Waals surface area contributed by atoms with E-state index in [1.165, 1.54) is 4.31 Å². The van der Waals surface area contributed by atoms with E-state index in [1.54, 1.807) is 31.2 Å². The largest absolute Gasteiger partial charge is 0.482 e. The Kier molecular flexibility index (Phi) is 5.62. The van der Waals surface area contributed by atoms with Gasteiger partial charge in [-0.1, -0.05) is 18.2 Å². The molecule has 0 aromatic heterocycles. The van der Waals surface area contributed by atoms with Crippen LogP contribution in [0.2, 0.25) is 0 Å². The highest BCUT2D eigenvalue weighted by Gasteiger charge is 2.75. The number of esters is 1. The summed E-state index contributed by atoms with van der Waals surface area (Å²) in [5.41, 5.74) is 2.85. The molecular formula is C23H26N2O6S. The highest BCUT2D eigenvalue weighted by Crippen LogP contribution is 2.59. The van der Waals surface area contributed by atoms with Gasteiger partial charge in [-0.25, -0.2) is 13.2 Å². The Morgan fingerprint density at radius 2 is 1.78 bits per heavy atom. The number of carbonyl (C=O) groups excluding carboxylic acids is 2. The van der Waals surface area contributed by atoms with Crippen molar-refractivity contribution in [2.24, 2.45) is 5.92 Å². The van der Waals surface area contributed by atoms with Gasteiger partial charge in [-0.05, 0) is 62.6 Å². The van der Waals surface area contributed by atoms with Crippen molar-refractivity contribution in [3.8, 4) is 5.75 Å². The van der Waals surface area contributed by atoms with Gasteiger partial charge in [0, 0.05) is 18.2 Å². The molecule has 2 atom stereocenters. The van der Waals surface area contributed by atoms with Crippen LogP contribution in [0.3, 0.4) is 0 Å². The lowest BCUT2D eigenvalue weighted by Crippen LogP contribution is -2.42. The predicted octanol–water partition coefficient (Wildman–Crippen LogP) is 2.79. The Labute approximate surface area is 187 Å². The first-order valence-electron chi connectivity index (χ1n) is 10.5. The fraction of sp³-hybridized carbons (Fsp3) is 0.391. The molecule has 8 nitrogen and oxygen atoms in total. The number of hydrogen-bond acceptors (Lipinski definition) is 6. The number of fused-ring (bicyclic) bond motifs is 1. The number of benzene rings is 2. The summed E-state index contributed by atoms with van der Waals surface area (Å²) in [6.45, 7) is 5.84. The molecule has 1 saturated heterocycles. The maximum atomic E-state index is 13.5. The van der Waals surface area contributed by atoms with Crippen molar-refractivity contribution in [3.05, 3.63) is 53.6 Å². The van der Waals surface area contributed by atoms with E-state index in [0.717, 1.165) is 11.1 Å². The zero-order valence-electron chi connectivity index (χ0n) is 18.3. The van der Waals surface area contributed by atoms with E-state index in [9.17, 15) is 18.0 Å². The van der Waals surface area contributed by atoms with E-state index in [1.807, 2.05) is 32.0 Å². The number of anilines is 2. The monoisotopic (exact) mass is 458 g/mol. The molecule has 1 N–H and O–H groups in total.